The Labute approximate surface area is 88.8 Å². The first kappa shape index (κ1) is 13.9. The van der Waals surface area contributed by atoms with Gasteiger partial charge in [-0.2, -0.15) is 0 Å². The lowest BCUT2D eigenvalue weighted by molar-refractivity contribution is -0.145. The first-order chi connectivity index (χ1) is 7.11. The maximum Gasteiger partial charge on any atom is 0.320 e. The topological polar surface area (TPSA) is 102 Å². The van der Waals surface area contributed by atoms with Crippen LogP contribution in [0.2, 0.25) is 0 Å². The van der Waals surface area contributed by atoms with Crippen LogP contribution in [0, 0.1) is 0 Å². The first-order valence-corrected chi connectivity index (χ1v) is 4.93. The molecule has 0 aliphatic heterocycles. The average molecular weight is 218 g/mol. The average Bonchev–Trinajstić information content (AvgIpc) is 2.22. The van der Waals surface area contributed by atoms with Gasteiger partial charge in [0.15, 0.2) is 0 Å². The predicted molar refractivity (Wildman–Crippen MR) is 54.3 cm³/mol. The van der Waals surface area contributed by atoms with Gasteiger partial charge in [0.2, 0.25) is 0 Å². The standard InChI is InChI=1S/C9H18N2O4/c1-2-4-11-7(9(13)14)3-5-15-8(12)6-10/h7,11H,2-6,10H2,1H3,(H,13,14). The van der Waals surface area contributed by atoms with Crippen molar-refractivity contribution in [1.82, 2.24) is 5.32 Å². The zero-order chi connectivity index (χ0) is 11.7. The van der Waals surface area contributed by atoms with Crippen LogP contribution in [0.15, 0.2) is 0 Å². The number of ether oxygens (including phenoxy) is 1. The molecule has 0 aromatic rings. The lowest BCUT2D eigenvalue weighted by Crippen LogP contribution is -2.38. The zero-order valence-electron chi connectivity index (χ0n) is 8.86. The minimum Gasteiger partial charge on any atom is -0.480 e. The highest BCUT2D eigenvalue weighted by Gasteiger charge is 2.16. The summed E-state index contributed by atoms with van der Waals surface area (Å²) in [5.41, 5.74) is 5.02. The van der Waals surface area contributed by atoms with Crippen LogP contribution in [0.25, 0.3) is 0 Å². The van der Waals surface area contributed by atoms with Crippen molar-refractivity contribution >= 4 is 11.9 Å². The van der Waals surface area contributed by atoms with Gasteiger partial charge in [0, 0.05) is 6.42 Å². The quantitative estimate of drug-likeness (QED) is 0.467. The number of esters is 1. The van der Waals surface area contributed by atoms with Gasteiger partial charge < -0.3 is 20.9 Å². The fourth-order valence-corrected chi connectivity index (χ4v) is 0.981. The highest BCUT2D eigenvalue weighted by Crippen LogP contribution is 1.94. The fraction of sp³-hybridized carbons (Fsp3) is 0.778. The van der Waals surface area contributed by atoms with Crippen LogP contribution in [-0.2, 0) is 14.3 Å². The molecule has 15 heavy (non-hydrogen) atoms. The first-order valence-electron chi connectivity index (χ1n) is 4.93. The van der Waals surface area contributed by atoms with Crippen LogP contribution in [-0.4, -0.2) is 42.8 Å². The highest BCUT2D eigenvalue weighted by molar-refractivity contribution is 5.73. The Bertz CT molecular complexity index is 208. The molecule has 0 aromatic heterocycles. The number of carboxylic acid groups (broad SMARTS) is 1. The number of hydrogen-bond acceptors (Lipinski definition) is 5. The van der Waals surface area contributed by atoms with Crippen molar-refractivity contribution in [3.8, 4) is 0 Å². The molecule has 1 atom stereocenters. The SMILES string of the molecule is CCCNC(CCOC(=O)CN)C(=O)O. The van der Waals surface area contributed by atoms with E-state index in [0.29, 0.717) is 6.54 Å². The number of nitrogens with two attached hydrogens (primary N) is 1. The summed E-state index contributed by atoms with van der Waals surface area (Å²) in [5.74, 6) is -1.46. The van der Waals surface area contributed by atoms with Crippen LogP contribution in [0.3, 0.4) is 0 Å². The minimum absolute atomic E-state index is 0.0731. The number of carbonyl (C=O) groups excluding carboxylic acids is 1. The molecule has 0 heterocycles. The predicted octanol–water partition coefficient (Wildman–Crippen LogP) is -0.669. The maximum atomic E-state index is 10.7. The van der Waals surface area contributed by atoms with Crippen LogP contribution in [0.4, 0.5) is 0 Å². The molecule has 0 saturated carbocycles. The molecule has 4 N–H and O–H groups in total. The Morgan fingerprint density at radius 2 is 2.20 bits per heavy atom. The van der Waals surface area contributed by atoms with Gasteiger partial charge in [0.25, 0.3) is 0 Å². The van der Waals surface area contributed by atoms with Crippen LogP contribution in [0.5, 0.6) is 0 Å². The van der Waals surface area contributed by atoms with Crippen LogP contribution in [0.1, 0.15) is 19.8 Å². The van der Waals surface area contributed by atoms with Crippen LogP contribution >= 0.6 is 0 Å². The smallest absolute Gasteiger partial charge is 0.320 e. The summed E-state index contributed by atoms with van der Waals surface area (Å²) < 4.78 is 4.68. The van der Waals surface area contributed by atoms with E-state index in [0.717, 1.165) is 6.42 Å². The second-order valence-electron chi connectivity index (χ2n) is 3.06. The molecule has 0 radical (unpaired) electrons. The molecule has 0 rings (SSSR count). The van der Waals surface area contributed by atoms with Crippen molar-refractivity contribution in [3.05, 3.63) is 0 Å². The second-order valence-corrected chi connectivity index (χ2v) is 3.06. The number of aliphatic carboxylic acids is 1. The maximum absolute atomic E-state index is 10.7. The highest BCUT2D eigenvalue weighted by atomic mass is 16.5. The van der Waals surface area contributed by atoms with Gasteiger partial charge in [-0.05, 0) is 13.0 Å². The Morgan fingerprint density at radius 3 is 2.67 bits per heavy atom. The number of carboxylic acids is 1. The lowest BCUT2D eigenvalue weighted by atomic mass is 10.2. The molecule has 88 valence electrons. The van der Waals surface area contributed by atoms with E-state index >= 15 is 0 Å². The molecule has 0 saturated heterocycles. The van der Waals surface area contributed by atoms with Gasteiger partial charge in [-0.15, -0.1) is 0 Å². The van der Waals surface area contributed by atoms with Gasteiger partial charge in [-0.1, -0.05) is 6.92 Å². The van der Waals surface area contributed by atoms with E-state index in [9.17, 15) is 9.59 Å². The van der Waals surface area contributed by atoms with Gasteiger partial charge in [0.1, 0.15) is 6.04 Å². The number of carbonyl (C=O) groups is 2. The molecular weight excluding hydrogens is 200 g/mol. The normalized spacial score (nSPS) is 12.1. The van der Waals surface area contributed by atoms with Gasteiger partial charge in [-0.3, -0.25) is 9.59 Å². The summed E-state index contributed by atoms with van der Waals surface area (Å²) >= 11 is 0. The van der Waals surface area contributed by atoms with Crippen molar-refractivity contribution in [2.75, 3.05) is 19.7 Å². The Morgan fingerprint density at radius 1 is 1.53 bits per heavy atom. The molecule has 0 spiro atoms. The molecule has 6 heteroatoms. The second kappa shape index (κ2) is 8.19. The summed E-state index contributed by atoms with van der Waals surface area (Å²) in [4.78, 5) is 21.4. The molecule has 0 amide bonds. The Balaban J connectivity index is 3.75. The Kier molecular flexibility index (Phi) is 7.57. The lowest BCUT2D eigenvalue weighted by Gasteiger charge is -2.13. The molecule has 0 aliphatic rings. The Hall–Kier alpha value is -1.14. The van der Waals surface area contributed by atoms with Crippen molar-refractivity contribution in [2.45, 2.75) is 25.8 Å². The molecule has 0 fully saturated rings. The van der Waals surface area contributed by atoms with Gasteiger partial charge in [0.05, 0.1) is 13.2 Å². The van der Waals surface area contributed by atoms with Gasteiger partial charge in [-0.25, -0.2) is 0 Å². The van der Waals surface area contributed by atoms with E-state index < -0.39 is 18.0 Å². The summed E-state index contributed by atoms with van der Waals surface area (Å²) in [5, 5.41) is 11.6. The van der Waals surface area contributed by atoms with E-state index in [1.165, 1.54) is 0 Å². The largest absolute Gasteiger partial charge is 0.480 e. The van der Waals surface area contributed by atoms with E-state index in [-0.39, 0.29) is 19.6 Å². The molecule has 0 bridgehead atoms. The van der Waals surface area contributed by atoms with Crippen molar-refractivity contribution < 1.29 is 19.4 Å². The minimum atomic E-state index is -0.938. The molecule has 0 aliphatic carbocycles. The summed E-state index contributed by atoms with van der Waals surface area (Å²) in [6.07, 6.45) is 1.10. The molecular formula is C9H18N2O4. The van der Waals surface area contributed by atoms with Crippen molar-refractivity contribution in [3.63, 3.8) is 0 Å². The van der Waals surface area contributed by atoms with E-state index in [2.05, 4.69) is 10.1 Å². The third kappa shape index (κ3) is 6.87. The summed E-state index contributed by atoms with van der Waals surface area (Å²) in [6, 6.07) is -0.671. The van der Waals surface area contributed by atoms with E-state index in [1.807, 2.05) is 6.92 Å². The third-order valence-corrected chi connectivity index (χ3v) is 1.78. The van der Waals surface area contributed by atoms with Gasteiger partial charge >= 0.3 is 11.9 Å². The molecule has 1 unspecified atom stereocenters. The van der Waals surface area contributed by atoms with Crippen LogP contribution < -0.4 is 11.1 Å². The fourth-order valence-electron chi connectivity index (χ4n) is 0.981. The number of rotatable bonds is 8. The summed E-state index contributed by atoms with van der Waals surface area (Å²) in [6.45, 7) is 2.46. The third-order valence-electron chi connectivity index (χ3n) is 1.78. The molecule has 0 aromatic carbocycles. The van der Waals surface area contributed by atoms with E-state index in [1.54, 1.807) is 0 Å². The monoisotopic (exact) mass is 218 g/mol. The number of nitrogens with one attached hydrogen (secondary N) is 1. The van der Waals surface area contributed by atoms with Crippen molar-refractivity contribution in [2.24, 2.45) is 5.73 Å². The molecule has 6 nitrogen and oxygen atoms in total. The van der Waals surface area contributed by atoms with Crippen molar-refractivity contribution in [1.29, 1.82) is 0 Å². The summed E-state index contributed by atoms with van der Waals surface area (Å²) in [7, 11) is 0. The number of hydrogen-bond donors (Lipinski definition) is 3. The zero-order valence-corrected chi connectivity index (χ0v) is 8.86. The van der Waals surface area contributed by atoms with E-state index in [4.69, 9.17) is 10.8 Å².